The van der Waals surface area contributed by atoms with Gasteiger partial charge >= 0.3 is 0 Å². The van der Waals surface area contributed by atoms with Gasteiger partial charge in [-0.15, -0.1) is 11.3 Å². The minimum atomic E-state index is -0.144. The molecule has 2 aromatic rings. The molecule has 2 heterocycles. The van der Waals surface area contributed by atoms with Crippen molar-refractivity contribution in [2.45, 2.75) is 13.0 Å². The Bertz CT molecular complexity index is 696. The van der Waals surface area contributed by atoms with Crippen LogP contribution in [0.4, 0.5) is 5.69 Å². The van der Waals surface area contributed by atoms with Gasteiger partial charge in [-0.25, -0.2) is 0 Å². The zero-order valence-electron chi connectivity index (χ0n) is 10.4. The highest BCUT2D eigenvalue weighted by Crippen LogP contribution is 2.25. The lowest BCUT2D eigenvalue weighted by molar-refractivity contribution is -0.115. The molecule has 0 fully saturated rings. The average Bonchev–Trinajstić information content (AvgIpc) is 2.99. The molecule has 102 valence electrons. The fourth-order valence-electron chi connectivity index (χ4n) is 2.07. The van der Waals surface area contributed by atoms with Crippen molar-refractivity contribution in [2.24, 2.45) is 0 Å². The zero-order valence-corrected chi connectivity index (χ0v) is 12.8. The monoisotopic (exact) mass is 350 g/mol. The van der Waals surface area contributed by atoms with Gasteiger partial charge in [0, 0.05) is 20.6 Å². The van der Waals surface area contributed by atoms with E-state index >= 15 is 0 Å². The SMILES string of the molecule is O=C1Cc2ccc(C(=O)NCc3sccc3Br)cc2N1. The molecule has 1 aromatic heterocycles. The van der Waals surface area contributed by atoms with Crippen molar-refractivity contribution in [3.05, 3.63) is 50.1 Å². The molecule has 0 unspecified atom stereocenters. The standard InChI is InChI=1S/C14H11BrN2O2S/c15-10-3-4-20-12(10)7-16-14(19)9-2-1-8-6-13(18)17-11(8)5-9/h1-5H,6-7H2,(H,16,19)(H,17,18). The van der Waals surface area contributed by atoms with Crippen LogP contribution < -0.4 is 10.6 Å². The Hall–Kier alpha value is -1.66. The van der Waals surface area contributed by atoms with Gasteiger partial charge in [-0.1, -0.05) is 6.07 Å². The summed E-state index contributed by atoms with van der Waals surface area (Å²) < 4.78 is 1.00. The van der Waals surface area contributed by atoms with E-state index in [1.54, 1.807) is 23.5 Å². The molecule has 2 N–H and O–H groups in total. The van der Waals surface area contributed by atoms with Crippen molar-refractivity contribution in [2.75, 3.05) is 5.32 Å². The zero-order chi connectivity index (χ0) is 14.1. The predicted octanol–water partition coefficient (Wildman–Crippen LogP) is 2.94. The van der Waals surface area contributed by atoms with Gasteiger partial charge < -0.3 is 10.6 Å². The van der Waals surface area contributed by atoms with Crippen molar-refractivity contribution in [1.29, 1.82) is 0 Å². The molecule has 1 aromatic carbocycles. The van der Waals surface area contributed by atoms with E-state index in [9.17, 15) is 9.59 Å². The summed E-state index contributed by atoms with van der Waals surface area (Å²) in [5, 5.41) is 7.59. The molecule has 0 saturated heterocycles. The van der Waals surface area contributed by atoms with Gasteiger partial charge in [0.2, 0.25) is 5.91 Å². The minimum Gasteiger partial charge on any atom is -0.347 e. The highest BCUT2D eigenvalue weighted by molar-refractivity contribution is 9.10. The van der Waals surface area contributed by atoms with Crippen LogP contribution >= 0.6 is 27.3 Å². The molecule has 0 radical (unpaired) electrons. The number of benzene rings is 1. The van der Waals surface area contributed by atoms with E-state index in [1.165, 1.54) is 0 Å². The maximum absolute atomic E-state index is 12.1. The second kappa shape index (κ2) is 5.38. The maximum atomic E-state index is 12.1. The minimum absolute atomic E-state index is 0.0277. The molecule has 1 aliphatic rings. The summed E-state index contributed by atoms with van der Waals surface area (Å²) in [7, 11) is 0. The first-order valence-electron chi connectivity index (χ1n) is 6.06. The maximum Gasteiger partial charge on any atom is 0.251 e. The normalized spacial score (nSPS) is 12.9. The molecule has 1 aliphatic heterocycles. The first-order valence-corrected chi connectivity index (χ1v) is 7.73. The van der Waals surface area contributed by atoms with Crippen LogP contribution in [0.15, 0.2) is 34.1 Å². The number of thiophene rings is 1. The van der Waals surface area contributed by atoms with Gasteiger partial charge in [0.25, 0.3) is 5.91 Å². The van der Waals surface area contributed by atoms with Crippen LogP contribution in [0.1, 0.15) is 20.8 Å². The number of carbonyl (C=O) groups excluding carboxylic acids is 2. The molecular weight excluding hydrogens is 340 g/mol. The van der Waals surface area contributed by atoms with E-state index in [2.05, 4.69) is 26.6 Å². The molecular formula is C14H11BrN2O2S. The molecule has 2 amide bonds. The van der Waals surface area contributed by atoms with Gasteiger partial charge in [-0.05, 0) is 45.1 Å². The molecule has 0 bridgehead atoms. The Kier molecular flexibility index (Phi) is 3.58. The van der Waals surface area contributed by atoms with Gasteiger partial charge in [0.1, 0.15) is 0 Å². The molecule has 0 aliphatic carbocycles. The van der Waals surface area contributed by atoms with Crippen molar-refractivity contribution in [1.82, 2.24) is 5.32 Å². The lowest BCUT2D eigenvalue weighted by Crippen LogP contribution is -2.22. The number of fused-ring (bicyclic) bond motifs is 1. The van der Waals surface area contributed by atoms with E-state index in [1.807, 2.05) is 17.5 Å². The fraction of sp³-hybridized carbons (Fsp3) is 0.143. The van der Waals surface area contributed by atoms with Crippen LogP contribution in [0.3, 0.4) is 0 Å². The molecule has 20 heavy (non-hydrogen) atoms. The van der Waals surface area contributed by atoms with E-state index in [4.69, 9.17) is 0 Å². The number of hydrogen-bond acceptors (Lipinski definition) is 3. The summed E-state index contributed by atoms with van der Waals surface area (Å²) in [6.07, 6.45) is 0.388. The third kappa shape index (κ3) is 2.62. The van der Waals surface area contributed by atoms with Crippen molar-refractivity contribution in [3.63, 3.8) is 0 Å². The lowest BCUT2D eigenvalue weighted by Gasteiger charge is -2.06. The molecule has 0 atom stereocenters. The van der Waals surface area contributed by atoms with Crippen molar-refractivity contribution < 1.29 is 9.59 Å². The second-order valence-electron chi connectivity index (χ2n) is 4.47. The Morgan fingerprint density at radius 2 is 2.25 bits per heavy atom. The van der Waals surface area contributed by atoms with E-state index < -0.39 is 0 Å². The van der Waals surface area contributed by atoms with Crippen molar-refractivity contribution >= 4 is 44.8 Å². The molecule has 0 saturated carbocycles. The van der Waals surface area contributed by atoms with Crippen LogP contribution in [-0.2, 0) is 17.8 Å². The summed E-state index contributed by atoms with van der Waals surface area (Å²) >= 11 is 5.02. The topological polar surface area (TPSA) is 58.2 Å². The van der Waals surface area contributed by atoms with E-state index in [-0.39, 0.29) is 11.8 Å². The highest BCUT2D eigenvalue weighted by atomic mass is 79.9. The Labute approximate surface area is 128 Å². The first kappa shape index (κ1) is 13.3. The number of rotatable bonds is 3. The molecule has 0 spiro atoms. The third-order valence-corrected chi connectivity index (χ3v) is 5.02. The Balaban J connectivity index is 1.70. The number of carbonyl (C=O) groups is 2. The smallest absolute Gasteiger partial charge is 0.251 e. The number of nitrogens with one attached hydrogen (secondary N) is 2. The first-order chi connectivity index (χ1) is 9.63. The lowest BCUT2D eigenvalue weighted by atomic mass is 10.1. The van der Waals surface area contributed by atoms with Crippen molar-refractivity contribution in [3.8, 4) is 0 Å². The number of hydrogen-bond donors (Lipinski definition) is 2. The largest absolute Gasteiger partial charge is 0.347 e. The van der Waals surface area contributed by atoms with E-state index in [0.29, 0.717) is 18.5 Å². The van der Waals surface area contributed by atoms with Crippen LogP contribution in [0.25, 0.3) is 0 Å². The van der Waals surface area contributed by atoms with E-state index in [0.717, 1.165) is 20.6 Å². The van der Waals surface area contributed by atoms with Gasteiger partial charge in [-0.2, -0.15) is 0 Å². The number of anilines is 1. The second-order valence-corrected chi connectivity index (χ2v) is 6.33. The van der Waals surface area contributed by atoms with Gasteiger partial charge in [0.05, 0.1) is 13.0 Å². The number of halogens is 1. The quantitative estimate of drug-likeness (QED) is 0.893. The summed E-state index contributed by atoms with van der Waals surface area (Å²) in [6, 6.07) is 7.25. The molecule has 3 rings (SSSR count). The Morgan fingerprint density at radius 1 is 1.40 bits per heavy atom. The molecule has 6 heteroatoms. The van der Waals surface area contributed by atoms with Crippen LogP contribution in [-0.4, -0.2) is 11.8 Å². The van der Waals surface area contributed by atoms with Gasteiger partial charge in [-0.3, -0.25) is 9.59 Å². The summed E-state index contributed by atoms with van der Waals surface area (Å²) in [6.45, 7) is 0.487. The van der Waals surface area contributed by atoms with Crippen LogP contribution in [0, 0.1) is 0 Å². The summed E-state index contributed by atoms with van der Waals surface area (Å²) in [5.41, 5.74) is 2.23. The predicted molar refractivity (Wildman–Crippen MR) is 82.0 cm³/mol. The third-order valence-electron chi connectivity index (χ3n) is 3.10. The molecule has 4 nitrogen and oxygen atoms in total. The number of amides is 2. The summed E-state index contributed by atoms with van der Waals surface area (Å²) in [4.78, 5) is 24.5. The van der Waals surface area contributed by atoms with Crippen LogP contribution in [0.2, 0.25) is 0 Å². The average molecular weight is 351 g/mol. The fourth-order valence-corrected chi connectivity index (χ4v) is 3.50. The highest BCUT2D eigenvalue weighted by Gasteiger charge is 2.19. The van der Waals surface area contributed by atoms with Gasteiger partial charge in [0.15, 0.2) is 0 Å². The Morgan fingerprint density at radius 3 is 3.00 bits per heavy atom. The summed E-state index contributed by atoms with van der Waals surface area (Å²) in [5.74, 6) is -0.172. The van der Waals surface area contributed by atoms with Crippen LogP contribution in [0.5, 0.6) is 0 Å².